The van der Waals surface area contributed by atoms with Gasteiger partial charge in [0.25, 0.3) is 0 Å². The maximum atomic E-state index is 9.45. The third-order valence-corrected chi connectivity index (χ3v) is 3.64. The molecule has 0 aliphatic rings. The molecule has 0 saturated carbocycles. The van der Waals surface area contributed by atoms with Gasteiger partial charge in [-0.05, 0) is 31.2 Å². The number of hydrogen-bond donors (Lipinski definition) is 0. The zero-order chi connectivity index (χ0) is 15.8. The van der Waals surface area contributed by atoms with Crippen molar-refractivity contribution in [3.63, 3.8) is 0 Å². The van der Waals surface area contributed by atoms with Crippen LogP contribution in [0.3, 0.4) is 0 Å². The highest BCUT2D eigenvalue weighted by molar-refractivity contribution is 5.74. The van der Waals surface area contributed by atoms with Gasteiger partial charge in [0.2, 0.25) is 0 Å². The molecule has 0 amide bonds. The Kier molecular flexibility index (Phi) is 2.91. The number of fused-ring (bicyclic) bond motifs is 1. The number of rotatable bonds is 2. The largest absolute Gasteiger partial charge is 0.463 e. The van der Waals surface area contributed by atoms with Crippen LogP contribution in [0.4, 0.5) is 0 Å². The van der Waals surface area contributed by atoms with Crippen LogP contribution in [0.1, 0.15) is 11.3 Å². The highest BCUT2D eigenvalue weighted by Gasteiger charge is 2.19. The molecule has 0 bridgehead atoms. The Morgan fingerprint density at radius 1 is 1.13 bits per heavy atom. The maximum absolute atomic E-state index is 9.45. The van der Waals surface area contributed by atoms with Crippen LogP contribution in [0.25, 0.3) is 28.3 Å². The van der Waals surface area contributed by atoms with Gasteiger partial charge in [-0.1, -0.05) is 12.1 Å². The molecule has 0 fully saturated rings. The highest BCUT2D eigenvalue weighted by Crippen LogP contribution is 2.26. The summed E-state index contributed by atoms with van der Waals surface area (Å²) in [6.07, 6.45) is 3.20. The molecule has 110 valence electrons. The predicted octanol–water partition coefficient (Wildman–Crippen LogP) is 3.26. The Balaban J connectivity index is 1.93. The van der Waals surface area contributed by atoms with Gasteiger partial charge in [-0.25, -0.2) is 9.67 Å². The topological polar surface area (TPSA) is 80.5 Å². The Morgan fingerprint density at radius 2 is 1.96 bits per heavy atom. The summed E-state index contributed by atoms with van der Waals surface area (Å²) in [4.78, 5) is 8.97. The quantitative estimate of drug-likeness (QED) is 0.567. The Labute approximate surface area is 131 Å². The lowest BCUT2D eigenvalue weighted by molar-refractivity contribution is 0.578. The second-order valence-electron chi connectivity index (χ2n) is 5.03. The van der Waals surface area contributed by atoms with Gasteiger partial charge < -0.3 is 4.42 Å². The van der Waals surface area contributed by atoms with Crippen molar-refractivity contribution in [2.24, 2.45) is 0 Å². The summed E-state index contributed by atoms with van der Waals surface area (Å²) in [5, 5.41) is 13.9. The molecule has 3 aromatic heterocycles. The van der Waals surface area contributed by atoms with Gasteiger partial charge in [-0.2, -0.15) is 10.4 Å². The summed E-state index contributed by atoms with van der Waals surface area (Å²) in [6.45, 7) is 1.83. The molecule has 0 aliphatic carbocycles. The molecule has 4 rings (SSSR count). The fraction of sp³-hybridized carbons (Fsp3) is 0.0588. The molecule has 4 aromatic rings. The van der Waals surface area contributed by atoms with Crippen LogP contribution >= 0.6 is 0 Å². The first-order valence-electron chi connectivity index (χ1n) is 7.03. The SMILES string of the molecule is Cc1c(C#N)c(-c2ccco2)nn1-c1cnc2ccccc2n1. The zero-order valence-electron chi connectivity index (χ0n) is 12.3. The second-order valence-corrected chi connectivity index (χ2v) is 5.03. The van der Waals surface area contributed by atoms with Crippen molar-refractivity contribution in [3.05, 3.63) is 60.1 Å². The van der Waals surface area contributed by atoms with E-state index in [0.29, 0.717) is 28.5 Å². The lowest BCUT2D eigenvalue weighted by Crippen LogP contribution is -2.03. The monoisotopic (exact) mass is 301 g/mol. The average molecular weight is 301 g/mol. The van der Waals surface area contributed by atoms with E-state index in [-0.39, 0.29) is 0 Å². The molecule has 6 nitrogen and oxygen atoms in total. The van der Waals surface area contributed by atoms with Gasteiger partial charge in [0, 0.05) is 0 Å². The lowest BCUT2D eigenvalue weighted by atomic mass is 10.2. The van der Waals surface area contributed by atoms with Gasteiger partial charge in [0.15, 0.2) is 11.6 Å². The molecule has 0 N–H and O–H groups in total. The van der Waals surface area contributed by atoms with E-state index in [0.717, 1.165) is 11.0 Å². The molecule has 1 aromatic carbocycles. The molecule has 23 heavy (non-hydrogen) atoms. The highest BCUT2D eigenvalue weighted by atomic mass is 16.3. The molecule has 0 unspecified atom stereocenters. The molecule has 3 heterocycles. The van der Waals surface area contributed by atoms with Crippen molar-refractivity contribution in [1.82, 2.24) is 19.7 Å². The van der Waals surface area contributed by atoms with Crippen LogP contribution in [-0.2, 0) is 0 Å². The maximum Gasteiger partial charge on any atom is 0.172 e. The van der Waals surface area contributed by atoms with Crippen molar-refractivity contribution < 1.29 is 4.42 Å². The summed E-state index contributed by atoms with van der Waals surface area (Å²) in [6, 6.07) is 13.3. The van der Waals surface area contributed by atoms with Crippen LogP contribution < -0.4 is 0 Å². The molecular formula is C17H11N5O. The average Bonchev–Trinajstić information content (AvgIpc) is 3.22. The molecular weight excluding hydrogens is 290 g/mol. The van der Waals surface area contributed by atoms with Crippen LogP contribution in [0.5, 0.6) is 0 Å². The van der Waals surface area contributed by atoms with Crippen LogP contribution in [0.2, 0.25) is 0 Å². The van der Waals surface area contributed by atoms with Crippen molar-refractivity contribution in [3.8, 4) is 23.3 Å². The standard InChI is InChI=1S/C17H11N5O/c1-11-12(9-18)17(15-7-4-8-23-15)21-22(11)16-10-19-13-5-2-3-6-14(13)20-16/h2-8,10H,1H3. The summed E-state index contributed by atoms with van der Waals surface area (Å²) in [5.74, 6) is 1.12. The summed E-state index contributed by atoms with van der Waals surface area (Å²) < 4.78 is 6.99. The van der Waals surface area contributed by atoms with Gasteiger partial charge in [0.05, 0.1) is 29.2 Å². The minimum absolute atomic E-state index is 0.468. The first-order valence-corrected chi connectivity index (χ1v) is 7.03. The number of nitriles is 1. The van der Waals surface area contributed by atoms with E-state index in [1.807, 2.05) is 31.2 Å². The summed E-state index contributed by atoms with van der Waals surface area (Å²) in [5.41, 5.74) is 3.26. The zero-order valence-corrected chi connectivity index (χ0v) is 12.3. The van der Waals surface area contributed by atoms with E-state index < -0.39 is 0 Å². The van der Waals surface area contributed by atoms with E-state index in [1.165, 1.54) is 0 Å². The summed E-state index contributed by atoms with van der Waals surface area (Å²) >= 11 is 0. The minimum atomic E-state index is 0.468. The van der Waals surface area contributed by atoms with Crippen molar-refractivity contribution in [2.75, 3.05) is 0 Å². The molecule has 6 heteroatoms. The third kappa shape index (κ3) is 2.07. The van der Waals surface area contributed by atoms with Crippen LogP contribution in [0, 0.1) is 18.3 Å². The number of furan rings is 1. The molecule has 0 atom stereocenters. The van der Waals surface area contributed by atoms with E-state index in [4.69, 9.17) is 4.42 Å². The first-order chi connectivity index (χ1) is 11.3. The van der Waals surface area contributed by atoms with E-state index in [9.17, 15) is 5.26 Å². The number of hydrogen-bond acceptors (Lipinski definition) is 5. The van der Waals surface area contributed by atoms with Crippen molar-refractivity contribution in [2.45, 2.75) is 6.92 Å². The number of para-hydroxylation sites is 2. The lowest BCUT2D eigenvalue weighted by Gasteiger charge is -2.04. The fourth-order valence-corrected chi connectivity index (χ4v) is 2.49. The Hall–Kier alpha value is -3.46. The van der Waals surface area contributed by atoms with E-state index >= 15 is 0 Å². The molecule has 0 radical (unpaired) electrons. The number of nitrogens with zero attached hydrogens (tertiary/aromatic N) is 5. The number of benzene rings is 1. The smallest absolute Gasteiger partial charge is 0.172 e. The van der Waals surface area contributed by atoms with Gasteiger partial charge >= 0.3 is 0 Å². The molecule has 0 aliphatic heterocycles. The van der Waals surface area contributed by atoms with E-state index in [2.05, 4.69) is 21.1 Å². The predicted molar refractivity (Wildman–Crippen MR) is 83.8 cm³/mol. The van der Waals surface area contributed by atoms with Crippen molar-refractivity contribution >= 4 is 11.0 Å². The molecule has 0 spiro atoms. The number of aromatic nitrogens is 4. The normalized spacial score (nSPS) is 10.8. The summed E-state index contributed by atoms with van der Waals surface area (Å²) in [7, 11) is 0. The van der Waals surface area contributed by atoms with Gasteiger partial charge in [0.1, 0.15) is 17.3 Å². The van der Waals surface area contributed by atoms with Crippen molar-refractivity contribution in [1.29, 1.82) is 5.26 Å². The van der Waals surface area contributed by atoms with Gasteiger partial charge in [-0.15, -0.1) is 0 Å². The fourth-order valence-electron chi connectivity index (χ4n) is 2.49. The second kappa shape index (κ2) is 5.07. The third-order valence-electron chi connectivity index (χ3n) is 3.64. The molecule has 0 saturated heterocycles. The van der Waals surface area contributed by atoms with Crippen LogP contribution in [0.15, 0.2) is 53.3 Å². The van der Waals surface area contributed by atoms with Crippen LogP contribution in [-0.4, -0.2) is 19.7 Å². The van der Waals surface area contributed by atoms with E-state index in [1.54, 1.807) is 29.3 Å². The first kappa shape index (κ1) is 13.2. The Morgan fingerprint density at radius 3 is 2.70 bits per heavy atom. The van der Waals surface area contributed by atoms with Gasteiger partial charge in [-0.3, -0.25) is 4.98 Å². The minimum Gasteiger partial charge on any atom is -0.463 e. The Bertz CT molecular complexity index is 1040.